The van der Waals surface area contributed by atoms with Crippen molar-refractivity contribution in [2.45, 2.75) is 19.9 Å². The number of nitrogens with one attached hydrogen (secondary N) is 3. The minimum absolute atomic E-state index is 0.0825. The quantitative estimate of drug-likeness (QED) is 0.646. The van der Waals surface area contributed by atoms with Gasteiger partial charge < -0.3 is 10.6 Å². The molecule has 0 bridgehead atoms. The molecule has 3 rings (SSSR count). The molecular weight excluding hydrogens is 316 g/mol. The van der Waals surface area contributed by atoms with E-state index in [9.17, 15) is 9.59 Å². The van der Waals surface area contributed by atoms with Gasteiger partial charge in [-0.15, -0.1) is 0 Å². The van der Waals surface area contributed by atoms with E-state index in [0.29, 0.717) is 35.5 Å². The third kappa shape index (κ3) is 4.03. The van der Waals surface area contributed by atoms with Gasteiger partial charge in [0, 0.05) is 18.7 Å². The topological polar surface area (TPSA) is 86.9 Å². The summed E-state index contributed by atoms with van der Waals surface area (Å²) in [6.07, 6.45) is 0.897. The van der Waals surface area contributed by atoms with Crippen LogP contribution in [-0.2, 0) is 6.54 Å². The summed E-state index contributed by atoms with van der Waals surface area (Å²) in [6, 6.07) is 14.6. The molecule has 0 unspecified atom stereocenters. The Morgan fingerprint density at radius 2 is 2.00 bits per heavy atom. The van der Waals surface area contributed by atoms with Crippen molar-refractivity contribution in [1.82, 2.24) is 15.3 Å². The Morgan fingerprint density at radius 3 is 2.84 bits per heavy atom. The van der Waals surface area contributed by atoms with Crippen LogP contribution in [-0.4, -0.2) is 22.4 Å². The molecule has 2 aromatic carbocycles. The lowest BCUT2D eigenvalue weighted by Gasteiger charge is -2.08. The Labute approximate surface area is 145 Å². The molecule has 0 radical (unpaired) electrons. The average molecular weight is 336 g/mol. The zero-order chi connectivity index (χ0) is 17.6. The number of para-hydroxylation sites is 1. The van der Waals surface area contributed by atoms with Crippen molar-refractivity contribution in [3.63, 3.8) is 0 Å². The highest BCUT2D eigenvalue weighted by atomic mass is 16.1. The third-order valence-corrected chi connectivity index (χ3v) is 3.80. The molecule has 0 aliphatic carbocycles. The van der Waals surface area contributed by atoms with Crippen molar-refractivity contribution in [2.24, 2.45) is 0 Å². The number of hydrogen-bond donors (Lipinski definition) is 3. The normalized spacial score (nSPS) is 10.6. The fraction of sp³-hybridized carbons (Fsp3) is 0.211. The second kappa shape index (κ2) is 7.61. The largest absolute Gasteiger partial charge is 0.352 e. The number of carbonyl (C=O) groups is 1. The second-order valence-corrected chi connectivity index (χ2v) is 5.74. The van der Waals surface area contributed by atoms with Gasteiger partial charge in [-0.25, -0.2) is 4.98 Å². The first-order valence-electron chi connectivity index (χ1n) is 8.27. The number of fused-ring (bicyclic) bond motifs is 1. The Bertz CT molecular complexity index is 949. The molecule has 1 heterocycles. The summed E-state index contributed by atoms with van der Waals surface area (Å²) in [5.41, 5.74) is 2.01. The van der Waals surface area contributed by atoms with E-state index >= 15 is 0 Å². The number of hydrogen-bond acceptors (Lipinski definition) is 4. The van der Waals surface area contributed by atoms with Crippen LogP contribution < -0.4 is 16.2 Å². The standard InChI is InChI=1S/C19H20N4O2/c1-2-10-20-17(24)14-7-5-6-13(11-14)12-21-19-22-16-9-4-3-8-15(16)18(25)23-19/h3-9,11H,2,10,12H2,1H3,(H,20,24)(H2,21,22,23,25). The Morgan fingerprint density at radius 1 is 1.16 bits per heavy atom. The minimum atomic E-state index is -0.180. The second-order valence-electron chi connectivity index (χ2n) is 5.74. The van der Waals surface area contributed by atoms with Crippen LogP contribution in [0.4, 0.5) is 5.95 Å². The average Bonchev–Trinajstić information content (AvgIpc) is 2.65. The molecule has 3 aromatic rings. The molecule has 25 heavy (non-hydrogen) atoms. The van der Waals surface area contributed by atoms with E-state index in [-0.39, 0.29) is 11.5 Å². The first-order valence-corrected chi connectivity index (χ1v) is 8.27. The van der Waals surface area contributed by atoms with E-state index in [1.54, 1.807) is 24.3 Å². The monoisotopic (exact) mass is 336 g/mol. The maximum atomic E-state index is 12.1. The van der Waals surface area contributed by atoms with Gasteiger partial charge in [-0.05, 0) is 36.2 Å². The zero-order valence-corrected chi connectivity index (χ0v) is 14.0. The summed E-state index contributed by atoms with van der Waals surface area (Å²) in [5, 5.41) is 6.52. The lowest BCUT2D eigenvalue weighted by molar-refractivity contribution is 0.0953. The first-order chi connectivity index (χ1) is 12.2. The number of aromatic amines is 1. The van der Waals surface area contributed by atoms with Gasteiger partial charge in [0.25, 0.3) is 11.5 Å². The molecule has 0 saturated carbocycles. The van der Waals surface area contributed by atoms with Gasteiger partial charge in [0.15, 0.2) is 0 Å². The van der Waals surface area contributed by atoms with Crippen LogP contribution in [0.25, 0.3) is 10.9 Å². The Kier molecular flexibility index (Phi) is 5.09. The molecule has 0 aliphatic rings. The summed E-state index contributed by atoms with van der Waals surface area (Å²) in [4.78, 5) is 31.2. The molecule has 0 saturated heterocycles. The van der Waals surface area contributed by atoms with Gasteiger partial charge in [0.2, 0.25) is 5.95 Å². The van der Waals surface area contributed by atoms with Crippen LogP contribution in [0.5, 0.6) is 0 Å². The number of H-pyrrole nitrogens is 1. The SMILES string of the molecule is CCCNC(=O)c1cccc(CNc2nc3ccccc3c(=O)[nH]2)c1. The Hall–Kier alpha value is -3.15. The molecule has 0 spiro atoms. The number of anilines is 1. The van der Waals surface area contributed by atoms with Crippen molar-refractivity contribution in [3.05, 3.63) is 70.0 Å². The third-order valence-electron chi connectivity index (χ3n) is 3.80. The van der Waals surface area contributed by atoms with E-state index in [2.05, 4.69) is 20.6 Å². The predicted octanol–water partition coefficient (Wildman–Crippen LogP) is 2.67. The predicted molar refractivity (Wildman–Crippen MR) is 98.8 cm³/mol. The first kappa shape index (κ1) is 16.7. The number of aromatic nitrogens is 2. The number of nitrogens with zero attached hydrogens (tertiary/aromatic N) is 1. The van der Waals surface area contributed by atoms with Gasteiger partial charge >= 0.3 is 0 Å². The molecule has 0 atom stereocenters. The molecule has 0 fully saturated rings. The molecule has 128 valence electrons. The van der Waals surface area contributed by atoms with Crippen LogP contribution in [0.15, 0.2) is 53.3 Å². The highest BCUT2D eigenvalue weighted by molar-refractivity contribution is 5.94. The van der Waals surface area contributed by atoms with Crippen LogP contribution in [0.2, 0.25) is 0 Å². The van der Waals surface area contributed by atoms with Crippen molar-refractivity contribution in [2.75, 3.05) is 11.9 Å². The summed E-state index contributed by atoms with van der Waals surface area (Å²) in [5.74, 6) is 0.325. The summed E-state index contributed by atoms with van der Waals surface area (Å²) >= 11 is 0. The van der Waals surface area contributed by atoms with Gasteiger partial charge in [-0.2, -0.15) is 0 Å². The van der Waals surface area contributed by atoms with Crippen LogP contribution in [0.1, 0.15) is 29.3 Å². The summed E-state index contributed by atoms with van der Waals surface area (Å²) < 4.78 is 0. The van der Waals surface area contributed by atoms with Crippen LogP contribution in [0, 0.1) is 0 Å². The zero-order valence-electron chi connectivity index (χ0n) is 14.0. The summed E-state index contributed by atoms with van der Waals surface area (Å²) in [6.45, 7) is 3.12. The van der Waals surface area contributed by atoms with E-state index in [1.165, 1.54) is 0 Å². The molecule has 6 nitrogen and oxygen atoms in total. The van der Waals surface area contributed by atoms with Gasteiger partial charge in [0.1, 0.15) is 0 Å². The summed E-state index contributed by atoms with van der Waals surface area (Å²) in [7, 11) is 0. The molecule has 1 aromatic heterocycles. The van der Waals surface area contributed by atoms with Gasteiger partial charge in [0.05, 0.1) is 10.9 Å². The van der Waals surface area contributed by atoms with Gasteiger partial charge in [-0.1, -0.05) is 31.2 Å². The smallest absolute Gasteiger partial charge is 0.260 e. The van der Waals surface area contributed by atoms with Crippen molar-refractivity contribution < 1.29 is 4.79 Å². The molecule has 6 heteroatoms. The van der Waals surface area contributed by atoms with Gasteiger partial charge in [-0.3, -0.25) is 14.6 Å². The van der Waals surface area contributed by atoms with Crippen molar-refractivity contribution in [1.29, 1.82) is 0 Å². The van der Waals surface area contributed by atoms with Crippen molar-refractivity contribution in [3.8, 4) is 0 Å². The van der Waals surface area contributed by atoms with Crippen LogP contribution in [0.3, 0.4) is 0 Å². The van der Waals surface area contributed by atoms with E-state index in [1.807, 2.05) is 31.2 Å². The molecule has 0 aliphatic heterocycles. The maximum Gasteiger partial charge on any atom is 0.260 e. The lowest BCUT2D eigenvalue weighted by atomic mass is 10.1. The van der Waals surface area contributed by atoms with E-state index < -0.39 is 0 Å². The highest BCUT2D eigenvalue weighted by Gasteiger charge is 2.06. The Balaban J connectivity index is 1.73. The number of benzene rings is 2. The number of carbonyl (C=O) groups excluding carboxylic acids is 1. The minimum Gasteiger partial charge on any atom is -0.352 e. The number of amides is 1. The van der Waals surface area contributed by atoms with Crippen molar-refractivity contribution >= 4 is 22.8 Å². The molecule has 1 amide bonds. The van der Waals surface area contributed by atoms with Crippen LogP contribution >= 0.6 is 0 Å². The molecular formula is C19H20N4O2. The number of rotatable bonds is 6. The fourth-order valence-corrected chi connectivity index (χ4v) is 2.52. The maximum absolute atomic E-state index is 12.1. The molecule has 3 N–H and O–H groups in total. The van der Waals surface area contributed by atoms with E-state index in [0.717, 1.165) is 12.0 Å². The highest BCUT2D eigenvalue weighted by Crippen LogP contribution is 2.10. The lowest BCUT2D eigenvalue weighted by Crippen LogP contribution is -2.24. The van der Waals surface area contributed by atoms with E-state index in [4.69, 9.17) is 0 Å². The fourth-order valence-electron chi connectivity index (χ4n) is 2.52.